The fourth-order valence-electron chi connectivity index (χ4n) is 2.19. The highest BCUT2D eigenvalue weighted by molar-refractivity contribution is 6.31. The van der Waals surface area contributed by atoms with Gasteiger partial charge in [-0.15, -0.1) is 10.2 Å². The molecule has 0 aliphatic heterocycles. The van der Waals surface area contributed by atoms with Gasteiger partial charge in [0.15, 0.2) is 11.5 Å². The molecule has 0 saturated carbocycles. The Labute approximate surface area is 127 Å². The molecule has 0 atom stereocenters. The minimum atomic E-state index is 0.237. The molecule has 0 saturated heterocycles. The number of aromatic hydroxyl groups is 1. The van der Waals surface area contributed by atoms with Gasteiger partial charge in [-0.3, -0.25) is 4.40 Å². The summed E-state index contributed by atoms with van der Waals surface area (Å²) in [5.41, 5.74) is 2.33. The highest BCUT2D eigenvalue weighted by atomic mass is 35.5. The first-order valence-corrected chi connectivity index (χ1v) is 7.01. The summed E-state index contributed by atoms with van der Waals surface area (Å²) in [6, 6.07) is 9.38. The number of hydrogen-bond acceptors (Lipinski definition) is 4. The summed E-state index contributed by atoms with van der Waals surface area (Å²) in [5.74, 6) is 1.07. The summed E-state index contributed by atoms with van der Waals surface area (Å²) < 4.78 is 1.93. The predicted octanol–water partition coefficient (Wildman–Crippen LogP) is 2.69. The minimum absolute atomic E-state index is 0.237. The van der Waals surface area contributed by atoms with E-state index in [-0.39, 0.29) is 5.75 Å². The number of benzene rings is 1. The summed E-state index contributed by atoms with van der Waals surface area (Å²) in [5, 5.41) is 22.1. The lowest BCUT2D eigenvalue weighted by molar-refractivity contribution is 0.460. The molecule has 0 aliphatic carbocycles. The van der Waals surface area contributed by atoms with E-state index in [9.17, 15) is 5.11 Å². The fraction of sp³-hybridized carbons (Fsp3) is 0.200. The second-order valence-electron chi connectivity index (χ2n) is 4.83. The van der Waals surface area contributed by atoms with Crippen LogP contribution < -0.4 is 5.32 Å². The van der Waals surface area contributed by atoms with Crippen molar-refractivity contribution < 1.29 is 5.11 Å². The Morgan fingerprint density at radius 2 is 2.05 bits per heavy atom. The van der Waals surface area contributed by atoms with Gasteiger partial charge in [0.05, 0.1) is 6.54 Å². The number of fused-ring (bicyclic) bond motifs is 1. The van der Waals surface area contributed by atoms with Crippen LogP contribution in [0.1, 0.15) is 17.0 Å². The quantitative estimate of drug-likeness (QED) is 0.778. The molecule has 108 valence electrons. The average Bonchev–Trinajstić information content (AvgIpc) is 2.91. The third kappa shape index (κ3) is 2.70. The highest BCUT2D eigenvalue weighted by Gasteiger charge is 2.08. The Morgan fingerprint density at radius 3 is 2.90 bits per heavy atom. The molecule has 5 nitrogen and oxygen atoms in total. The third-order valence-electron chi connectivity index (χ3n) is 3.43. The number of phenols is 1. The zero-order valence-corrected chi connectivity index (χ0v) is 12.3. The van der Waals surface area contributed by atoms with E-state index >= 15 is 0 Å². The molecular weight excluding hydrogens is 288 g/mol. The van der Waals surface area contributed by atoms with Crippen molar-refractivity contribution in [3.8, 4) is 5.75 Å². The smallest absolute Gasteiger partial charge is 0.160 e. The van der Waals surface area contributed by atoms with Gasteiger partial charge in [0.1, 0.15) is 5.75 Å². The summed E-state index contributed by atoms with van der Waals surface area (Å²) in [6.45, 7) is 2.89. The van der Waals surface area contributed by atoms with Gasteiger partial charge in [-0.2, -0.15) is 0 Å². The average molecular weight is 303 g/mol. The molecule has 0 unspecified atom stereocenters. The monoisotopic (exact) mass is 302 g/mol. The lowest BCUT2D eigenvalue weighted by Gasteiger charge is -2.09. The zero-order valence-electron chi connectivity index (χ0n) is 11.5. The molecule has 0 aliphatic rings. The van der Waals surface area contributed by atoms with Crippen LogP contribution in [0.2, 0.25) is 5.02 Å². The first-order valence-electron chi connectivity index (χ1n) is 6.63. The molecule has 2 N–H and O–H groups in total. The van der Waals surface area contributed by atoms with E-state index in [0.29, 0.717) is 23.7 Å². The van der Waals surface area contributed by atoms with Crippen molar-refractivity contribution in [1.29, 1.82) is 0 Å². The van der Waals surface area contributed by atoms with E-state index in [1.165, 1.54) is 0 Å². The van der Waals surface area contributed by atoms with Gasteiger partial charge in [0.2, 0.25) is 0 Å². The third-order valence-corrected chi connectivity index (χ3v) is 3.84. The number of phenolic OH excluding ortho intramolecular Hbond substituents is 1. The number of nitrogens with zero attached hydrogens (tertiary/aromatic N) is 3. The fourth-order valence-corrected chi connectivity index (χ4v) is 2.35. The van der Waals surface area contributed by atoms with Crippen LogP contribution in [-0.2, 0) is 13.1 Å². The standard InChI is InChI=1S/C15H15ClN4O/c1-10-12(16)6-5-11(15(10)21)8-17-9-14-19-18-13-4-2-3-7-20(13)14/h2-7,17,21H,8-9H2,1H3. The normalized spacial score (nSPS) is 11.1. The van der Waals surface area contributed by atoms with Crippen molar-refractivity contribution in [2.24, 2.45) is 0 Å². The maximum absolute atomic E-state index is 10.0. The minimum Gasteiger partial charge on any atom is -0.507 e. The van der Waals surface area contributed by atoms with Crippen LogP contribution in [0.15, 0.2) is 36.5 Å². The van der Waals surface area contributed by atoms with E-state index in [0.717, 1.165) is 17.0 Å². The molecule has 2 heterocycles. The van der Waals surface area contributed by atoms with Gasteiger partial charge in [-0.25, -0.2) is 0 Å². The van der Waals surface area contributed by atoms with Crippen molar-refractivity contribution >= 4 is 17.2 Å². The maximum atomic E-state index is 10.0. The second kappa shape index (κ2) is 5.71. The predicted molar refractivity (Wildman–Crippen MR) is 81.4 cm³/mol. The summed E-state index contributed by atoms with van der Waals surface area (Å²) in [7, 11) is 0. The van der Waals surface area contributed by atoms with Crippen LogP contribution in [0.3, 0.4) is 0 Å². The van der Waals surface area contributed by atoms with Gasteiger partial charge in [0.25, 0.3) is 0 Å². The number of halogens is 1. The Bertz CT molecular complexity index is 784. The van der Waals surface area contributed by atoms with Crippen molar-refractivity contribution in [2.45, 2.75) is 20.0 Å². The number of nitrogens with one attached hydrogen (secondary N) is 1. The number of aromatic nitrogens is 3. The van der Waals surface area contributed by atoms with E-state index in [4.69, 9.17) is 11.6 Å². The van der Waals surface area contributed by atoms with Crippen LogP contribution in [0.5, 0.6) is 5.75 Å². The SMILES string of the molecule is Cc1c(Cl)ccc(CNCc2nnc3ccccn23)c1O. The van der Waals surface area contributed by atoms with E-state index in [1.54, 1.807) is 13.0 Å². The molecule has 3 rings (SSSR count). The van der Waals surface area contributed by atoms with Gasteiger partial charge in [-0.05, 0) is 25.1 Å². The number of pyridine rings is 1. The zero-order chi connectivity index (χ0) is 14.8. The largest absolute Gasteiger partial charge is 0.507 e. The van der Waals surface area contributed by atoms with Crippen LogP contribution in [0, 0.1) is 6.92 Å². The van der Waals surface area contributed by atoms with Gasteiger partial charge >= 0.3 is 0 Å². The van der Waals surface area contributed by atoms with Crippen LogP contribution in [-0.4, -0.2) is 19.7 Å². The van der Waals surface area contributed by atoms with E-state index in [1.807, 2.05) is 34.9 Å². The number of rotatable bonds is 4. The molecule has 0 fully saturated rings. The number of hydrogen-bond donors (Lipinski definition) is 2. The van der Waals surface area contributed by atoms with Crippen LogP contribution in [0.25, 0.3) is 5.65 Å². The molecule has 2 aromatic heterocycles. The van der Waals surface area contributed by atoms with Gasteiger partial charge in [0, 0.05) is 28.9 Å². The summed E-state index contributed by atoms with van der Waals surface area (Å²) in [6.07, 6.45) is 1.93. The molecule has 21 heavy (non-hydrogen) atoms. The topological polar surface area (TPSA) is 62.5 Å². The lowest BCUT2D eigenvalue weighted by Crippen LogP contribution is -2.15. The highest BCUT2D eigenvalue weighted by Crippen LogP contribution is 2.28. The van der Waals surface area contributed by atoms with Crippen molar-refractivity contribution in [1.82, 2.24) is 19.9 Å². The van der Waals surface area contributed by atoms with Gasteiger partial charge in [-0.1, -0.05) is 23.7 Å². The Hall–Kier alpha value is -2.11. The molecule has 6 heteroatoms. The van der Waals surface area contributed by atoms with E-state index in [2.05, 4.69) is 15.5 Å². The molecule has 0 amide bonds. The molecule has 0 radical (unpaired) electrons. The Balaban J connectivity index is 1.70. The van der Waals surface area contributed by atoms with Crippen molar-refractivity contribution in [2.75, 3.05) is 0 Å². The van der Waals surface area contributed by atoms with Crippen LogP contribution >= 0.6 is 11.6 Å². The first kappa shape index (κ1) is 13.9. The van der Waals surface area contributed by atoms with Crippen molar-refractivity contribution in [3.05, 3.63) is 58.5 Å². The van der Waals surface area contributed by atoms with Crippen LogP contribution in [0.4, 0.5) is 0 Å². The second-order valence-corrected chi connectivity index (χ2v) is 5.24. The molecule has 1 aromatic carbocycles. The lowest BCUT2D eigenvalue weighted by atomic mass is 10.1. The molecule has 3 aromatic rings. The molecular formula is C15H15ClN4O. The Kier molecular flexibility index (Phi) is 3.77. The maximum Gasteiger partial charge on any atom is 0.160 e. The van der Waals surface area contributed by atoms with Crippen molar-refractivity contribution in [3.63, 3.8) is 0 Å². The molecule has 0 spiro atoms. The Morgan fingerprint density at radius 1 is 1.19 bits per heavy atom. The van der Waals surface area contributed by atoms with Gasteiger partial charge < -0.3 is 10.4 Å². The summed E-state index contributed by atoms with van der Waals surface area (Å²) >= 11 is 5.96. The summed E-state index contributed by atoms with van der Waals surface area (Å²) in [4.78, 5) is 0. The first-order chi connectivity index (χ1) is 10.2. The van der Waals surface area contributed by atoms with E-state index < -0.39 is 0 Å². The molecule has 0 bridgehead atoms.